The molecule has 27 heavy (non-hydrogen) atoms. The summed E-state index contributed by atoms with van der Waals surface area (Å²) in [6.45, 7) is 1.67. The Hall–Kier alpha value is -2.61. The van der Waals surface area contributed by atoms with E-state index in [0.717, 1.165) is 31.6 Å². The number of rotatable bonds is 3. The first kappa shape index (κ1) is 16.6. The van der Waals surface area contributed by atoms with Crippen molar-refractivity contribution in [3.05, 3.63) is 46.9 Å². The summed E-state index contributed by atoms with van der Waals surface area (Å²) in [6.07, 6.45) is 4.08. The standard InChI is InChI=1S/C19H19N5O2S/c25-16(22-8-4-5-9-22)10-14-12-27-19-21-17-15(18(26)23(14)19)11-20-24(17)13-6-2-1-3-7-13/h1-3,6-7,11,14H,4-5,8-10,12H2. The molecule has 8 heteroatoms. The van der Waals surface area contributed by atoms with Gasteiger partial charge in [0.1, 0.15) is 5.39 Å². The maximum atomic E-state index is 13.1. The second kappa shape index (κ2) is 6.53. The maximum Gasteiger partial charge on any atom is 0.265 e. The van der Waals surface area contributed by atoms with Gasteiger partial charge < -0.3 is 4.90 Å². The molecule has 1 fully saturated rings. The average molecular weight is 381 g/mol. The first-order valence-electron chi connectivity index (χ1n) is 9.18. The predicted molar refractivity (Wildman–Crippen MR) is 103 cm³/mol. The Morgan fingerprint density at radius 3 is 2.74 bits per heavy atom. The fourth-order valence-electron chi connectivity index (χ4n) is 3.84. The SMILES string of the molecule is O=C(CC1CSc2nc3c(cnn3-c3ccccc3)c(=O)n21)N1CCCC1. The zero-order valence-electron chi connectivity index (χ0n) is 14.7. The van der Waals surface area contributed by atoms with E-state index in [-0.39, 0.29) is 17.5 Å². The van der Waals surface area contributed by atoms with Crippen LogP contribution < -0.4 is 5.56 Å². The molecule has 0 bridgehead atoms. The summed E-state index contributed by atoms with van der Waals surface area (Å²) in [6, 6.07) is 9.53. The van der Waals surface area contributed by atoms with Gasteiger partial charge in [0.15, 0.2) is 10.8 Å². The third kappa shape index (κ3) is 2.75. The highest BCUT2D eigenvalue weighted by atomic mass is 32.2. The number of carbonyl (C=O) groups excluding carboxylic acids is 1. The molecule has 138 valence electrons. The van der Waals surface area contributed by atoms with E-state index in [1.807, 2.05) is 35.2 Å². The van der Waals surface area contributed by atoms with Crippen molar-refractivity contribution in [2.75, 3.05) is 18.8 Å². The molecule has 4 heterocycles. The normalized spacial score (nSPS) is 19.0. The van der Waals surface area contributed by atoms with Crippen molar-refractivity contribution >= 4 is 28.7 Å². The van der Waals surface area contributed by atoms with Crippen LogP contribution in [0.1, 0.15) is 25.3 Å². The van der Waals surface area contributed by atoms with E-state index in [4.69, 9.17) is 4.98 Å². The number of likely N-dealkylation sites (tertiary alicyclic amines) is 1. The highest BCUT2D eigenvalue weighted by molar-refractivity contribution is 7.99. The Kier molecular flexibility index (Phi) is 4.00. The number of benzene rings is 1. The molecule has 7 nitrogen and oxygen atoms in total. The van der Waals surface area contributed by atoms with Gasteiger partial charge in [-0.3, -0.25) is 14.2 Å². The second-order valence-corrected chi connectivity index (χ2v) is 7.94. The first-order valence-corrected chi connectivity index (χ1v) is 10.2. The lowest BCUT2D eigenvalue weighted by atomic mass is 10.2. The Labute approximate surface area is 160 Å². The molecule has 0 saturated carbocycles. The van der Waals surface area contributed by atoms with Crippen molar-refractivity contribution in [1.29, 1.82) is 0 Å². The minimum absolute atomic E-state index is 0.110. The van der Waals surface area contributed by atoms with Crippen LogP contribution in [-0.4, -0.2) is 49.0 Å². The molecular formula is C19H19N5O2S. The highest BCUT2D eigenvalue weighted by Gasteiger charge is 2.31. The molecule has 0 spiro atoms. The largest absolute Gasteiger partial charge is 0.343 e. The summed E-state index contributed by atoms with van der Waals surface area (Å²) in [5.74, 6) is 0.839. The smallest absolute Gasteiger partial charge is 0.265 e. The minimum Gasteiger partial charge on any atom is -0.343 e. The van der Waals surface area contributed by atoms with Crippen LogP contribution in [0.3, 0.4) is 0 Å². The van der Waals surface area contributed by atoms with E-state index in [1.54, 1.807) is 15.4 Å². The van der Waals surface area contributed by atoms with Crippen molar-refractivity contribution in [3.8, 4) is 5.69 Å². The number of hydrogen-bond acceptors (Lipinski definition) is 5. The van der Waals surface area contributed by atoms with Crippen LogP contribution in [0, 0.1) is 0 Å². The minimum atomic E-state index is -0.137. The van der Waals surface area contributed by atoms with Crippen LogP contribution in [0.5, 0.6) is 0 Å². The second-order valence-electron chi connectivity index (χ2n) is 6.96. The molecule has 1 amide bonds. The summed E-state index contributed by atoms with van der Waals surface area (Å²) < 4.78 is 3.39. The highest BCUT2D eigenvalue weighted by Crippen LogP contribution is 2.34. The van der Waals surface area contributed by atoms with Gasteiger partial charge in [0.05, 0.1) is 17.9 Å². The van der Waals surface area contributed by atoms with Crippen LogP contribution in [0.4, 0.5) is 0 Å². The molecule has 0 aliphatic carbocycles. The molecule has 2 aliphatic rings. The molecule has 1 unspecified atom stereocenters. The van der Waals surface area contributed by atoms with E-state index in [1.165, 1.54) is 11.8 Å². The fraction of sp³-hybridized carbons (Fsp3) is 0.368. The van der Waals surface area contributed by atoms with Crippen molar-refractivity contribution in [1.82, 2.24) is 24.2 Å². The molecule has 1 aromatic carbocycles. The van der Waals surface area contributed by atoms with E-state index in [9.17, 15) is 9.59 Å². The van der Waals surface area contributed by atoms with Crippen molar-refractivity contribution in [2.45, 2.75) is 30.5 Å². The quantitative estimate of drug-likeness (QED) is 0.651. The van der Waals surface area contributed by atoms with Crippen LogP contribution in [0.2, 0.25) is 0 Å². The first-order chi connectivity index (χ1) is 13.2. The van der Waals surface area contributed by atoms with Crippen LogP contribution in [-0.2, 0) is 4.79 Å². The molecule has 5 rings (SSSR count). The molecule has 2 aliphatic heterocycles. The molecular weight excluding hydrogens is 362 g/mol. The van der Waals surface area contributed by atoms with Gasteiger partial charge in [-0.1, -0.05) is 30.0 Å². The lowest BCUT2D eigenvalue weighted by Crippen LogP contribution is -2.32. The van der Waals surface area contributed by atoms with Gasteiger partial charge in [-0.25, -0.2) is 9.67 Å². The van der Waals surface area contributed by atoms with E-state index in [0.29, 0.717) is 28.4 Å². The number of carbonyl (C=O) groups is 1. The Balaban J connectivity index is 1.52. The number of aromatic nitrogens is 4. The van der Waals surface area contributed by atoms with Gasteiger partial charge in [0, 0.05) is 25.3 Å². The molecule has 0 N–H and O–H groups in total. The number of hydrogen-bond donors (Lipinski definition) is 0. The third-order valence-corrected chi connectivity index (χ3v) is 6.34. The van der Waals surface area contributed by atoms with E-state index in [2.05, 4.69) is 5.10 Å². The lowest BCUT2D eigenvalue weighted by molar-refractivity contribution is -0.130. The maximum absolute atomic E-state index is 13.1. The number of thioether (sulfide) groups is 1. The number of fused-ring (bicyclic) bond motifs is 2. The summed E-state index contributed by atoms with van der Waals surface area (Å²) in [5.41, 5.74) is 1.32. The van der Waals surface area contributed by atoms with Gasteiger partial charge in [0.2, 0.25) is 5.91 Å². The molecule has 3 aromatic rings. The molecule has 2 aromatic heterocycles. The van der Waals surface area contributed by atoms with Crippen molar-refractivity contribution < 1.29 is 4.79 Å². The Morgan fingerprint density at radius 1 is 1.19 bits per heavy atom. The summed E-state index contributed by atoms with van der Waals surface area (Å²) in [7, 11) is 0. The van der Waals surface area contributed by atoms with Crippen LogP contribution >= 0.6 is 11.8 Å². The zero-order valence-corrected chi connectivity index (χ0v) is 15.6. The van der Waals surface area contributed by atoms with Gasteiger partial charge in [-0.2, -0.15) is 5.10 Å². The molecule has 1 atom stereocenters. The van der Waals surface area contributed by atoms with Gasteiger partial charge >= 0.3 is 0 Å². The fourth-order valence-corrected chi connectivity index (χ4v) is 4.97. The summed E-state index contributed by atoms with van der Waals surface area (Å²) in [5, 5.41) is 5.53. The predicted octanol–water partition coefficient (Wildman–Crippen LogP) is 2.24. The van der Waals surface area contributed by atoms with Crippen LogP contribution in [0.25, 0.3) is 16.7 Å². The van der Waals surface area contributed by atoms with E-state index >= 15 is 0 Å². The van der Waals surface area contributed by atoms with Gasteiger partial charge in [-0.15, -0.1) is 0 Å². The van der Waals surface area contributed by atoms with E-state index < -0.39 is 0 Å². The summed E-state index contributed by atoms with van der Waals surface area (Å²) >= 11 is 1.54. The van der Waals surface area contributed by atoms with Crippen LogP contribution in [0.15, 0.2) is 46.5 Å². The Morgan fingerprint density at radius 2 is 1.96 bits per heavy atom. The van der Waals surface area contributed by atoms with Gasteiger partial charge in [-0.05, 0) is 25.0 Å². The molecule has 1 saturated heterocycles. The zero-order chi connectivity index (χ0) is 18.4. The van der Waals surface area contributed by atoms with Crippen molar-refractivity contribution in [3.63, 3.8) is 0 Å². The van der Waals surface area contributed by atoms with Crippen molar-refractivity contribution in [2.24, 2.45) is 0 Å². The molecule has 0 radical (unpaired) electrons. The summed E-state index contributed by atoms with van der Waals surface area (Å²) in [4.78, 5) is 32.3. The third-order valence-electron chi connectivity index (χ3n) is 5.24. The Bertz CT molecular complexity index is 1070. The topological polar surface area (TPSA) is 73.0 Å². The number of para-hydroxylation sites is 1. The number of amides is 1. The average Bonchev–Trinajstić information content (AvgIpc) is 3.42. The monoisotopic (exact) mass is 381 g/mol. The number of nitrogens with zero attached hydrogens (tertiary/aromatic N) is 5. The lowest BCUT2D eigenvalue weighted by Gasteiger charge is -2.19. The van der Waals surface area contributed by atoms with Gasteiger partial charge in [0.25, 0.3) is 5.56 Å².